The van der Waals surface area contributed by atoms with Gasteiger partial charge in [0.1, 0.15) is 5.82 Å². The lowest BCUT2D eigenvalue weighted by Crippen LogP contribution is -2.09. The summed E-state index contributed by atoms with van der Waals surface area (Å²) in [5, 5.41) is 3.38. The van der Waals surface area contributed by atoms with E-state index < -0.39 is 0 Å². The average Bonchev–Trinajstić information content (AvgIpc) is 3.32. The minimum atomic E-state index is 0.578. The molecule has 2 aromatic rings. The molecule has 1 saturated carbocycles. The van der Waals surface area contributed by atoms with Gasteiger partial charge in [0.2, 0.25) is 0 Å². The SMILES string of the molecule is CCCNc1nc(-c2ncccn2)nc(C2CC2)c1I. The fraction of sp³-hybridized carbons (Fsp3) is 0.429. The van der Waals surface area contributed by atoms with E-state index in [4.69, 9.17) is 0 Å². The Kier molecular flexibility index (Phi) is 4.09. The van der Waals surface area contributed by atoms with Crippen LogP contribution in [0.15, 0.2) is 18.5 Å². The van der Waals surface area contributed by atoms with E-state index >= 15 is 0 Å². The first kappa shape index (κ1) is 13.7. The summed E-state index contributed by atoms with van der Waals surface area (Å²) in [6, 6.07) is 1.80. The lowest BCUT2D eigenvalue weighted by Gasteiger charge is -2.11. The second-order valence-corrected chi connectivity index (χ2v) is 5.95. The van der Waals surface area contributed by atoms with Crippen molar-refractivity contribution >= 4 is 28.4 Å². The second kappa shape index (κ2) is 5.99. The minimum Gasteiger partial charge on any atom is -0.369 e. The maximum absolute atomic E-state index is 4.69. The number of rotatable bonds is 5. The van der Waals surface area contributed by atoms with E-state index in [0.717, 1.165) is 28.0 Å². The monoisotopic (exact) mass is 381 g/mol. The van der Waals surface area contributed by atoms with Gasteiger partial charge in [-0.05, 0) is 47.9 Å². The summed E-state index contributed by atoms with van der Waals surface area (Å²) in [4.78, 5) is 17.8. The van der Waals surface area contributed by atoms with Gasteiger partial charge in [-0.1, -0.05) is 6.92 Å². The lowest BCUT2D eigenvalue weighted by molar-refractivity contribution is 0.930. The number of aromatic nitrogens is 4. The molecule has 1 aliphatic rings. The van der Waals surface area contributed by atoms with Crippen molar-refractivity contribution < 1.29 is 0 Å². The van der Waals surface area contributed by atoms with Crippen molar-refractivity contribution in [2.45, 2.75) is 32.1 Å². The van der Waals surface area contributed by atoms with Crippen molar-refractivity contribution in [2.24, 2.45) is 0 Å². The fourth-order valence-electron chi connectivity index (χ4n) is 1.97. The Bertz CT molecular complexity index is 598. The van der Waals surface area contributed by atoms with Crippen LogP contribution in [0.2, 0.25) is 0 Å². The van der Waals surface area contributed by atoms with Gasteiger partial charge in [-0.15, -0.1) is 0 Å². The number of nitrogens with zero attached hydrogens (tertiary/aromatic N) is 4. The molecule has 104 valence electrons. The summed E-state index contributed by atoms with van der Waals surface area (Å²) in [5.41, 5.74) is 1.14. The van der Waals surface area contributed by atoms with Crippen LogP contribution in [0.1, 0.15) is 37.8 Å². The topological polar surface area (TPSA) is 63.6 Å². The summed E-state index contributed by atoms with van der Waals surface area (Å²) in [5.74, 6) is 2.69. The molecule has 20 heavy (non-hydrogen) atoms. The Hall–Kier alpha value is -1.31. The molecule has 2 heterocycles. The van der Waals surface area contributed by atoms with Crippen molar-refractivity contribution in [1.82, 2.24) is 19.9 Å². The molecule has 1 N–H and O–H groups in total. The van der Waals surface area contributed by atoms with E-state index in [2.05, 4.69) is 54.8 Å². The Morgan fingerprint density at radius 3 is 2.60 bits per heavy atom. The molecule has 1 aliphatic carbocycles. The average molecular weight is 381 g/mol. The molecule has 5 nitrogen and oxygen atoms in total. The molecule has 0 saturated heterocycles. The molecule has 1 fully saturated rings. The Balaban J connectivity index is 2.03. The summed E-state index contributed by atoms with van der Waals surface area (Å²) in [7, 11) is 0. The molecule has 0 atom stereocenters. The van der Waals surface area contributed by atoms with Crippen LogP contribution in [-0.2, 0) is 0 Å². The van der Waals surface area contributed by atoms with Crippen molar-refractivity contribution in [3.8, 4) is 11.6 Å². The van der Waals surface area contributed by atoms with E-state index in [1.807, 2.05) is 0 Å². The van der Waals surface area contributed by atoms with Crippen molar-refractivity contribution in [3.05, 3.63) is 27.7 Å². The third-order valence-corrected chi connectivity index (χ3v) is 4.21. The van der Waals surface area contributed by atoms with Crippen molar-refractivity contribution in [3.63, 3.8) is 0 Å². The molecule has 0 aromatic carbocycles. The first-order valence-corrected chi connectivity index (χ1v) is 7.96. The molecule has 0 spiro atoms. The predicted molar refractivity (Wildman–Crippen MR) is 86.5 cm³/mol. The lowest BCUT2D eigenvalue weighted by atomic mass is 10.2. The Labute approximate surface area is 131 Å². The molecule has 6 heteroatoms. The molecule has 0 aliphatic heterocycles. The molecule has 0 bridgehead atoms. The quantitative estimate of drug-likeness (QED) is 0.806. The summed E-state index contributed by atoms with van der Waals surface area (Å²) >= 11 is 2.34. The van der Waals surface area contributed by atoms with Crippen LogP contribution in [-0.4, -0.2) is 26.5 Å². The maximum Gasteiger partial charge on any atom is 0.200 e. The van der Waals surface area contributed by atoms with E-state index in [1.54, 1.807) is 18.5 Å². The summed E-state index contributed by atoms with van der Waals surface area (Å²) in [6.07, 6.45) is 6.94. The highest BCUT2D eigenvalue weighted by Gasteiger charge is 2.29. The second-order valence-electron chi connectivity index (χ2n) is 4.87. The fourth-order valence-corrected chi connectivity index (χ4v) is 2.84. The molecule has 0 radical (unpaired) electrons. The van der Waals surface area contributed by atoms with Gasteiger partial charge in [0.05, 0.1) is 9.26 Å². The van der Waals surface area contributed by atoms with Gasteiger partial charge in [0, 0.05) is 24.9 Å². The van der Waals surface area contributed by atoms with Crippen LogP contribution >= 0.6 is 22.6 Å². The van der Waals surface area contributed by atoms with Crippen LogP contribution in [0.3, 0.4) is 0 Å². The van der Waals surface area contributed by atoms with Crippen LogP contribution in [0, 0.1) is 3.57 Å². The first-order chi connectivity index (χ1) is 9.79. The van der Waals surface area contributed by atoms with E-state index in [1.165, 1.54) is 12.8 Å². The number of hydrogen-bond donors (Lipinski definition) is 1. The standard InChI is InChI=1S/C14H16IN5/c1-2-6-16-12-10(15)11(9-4-5-9)19-14(20-12)13-17-7-3-8-18-13/h3,7-9H,2,4-6H2,1H3,(H,16,19,20). The third-order valence-electron chi connectivity index (χ3n) is 3.15. The highest BCUT2D eigenvalue weighted by molar-refractivity contribution is 14.1. The van der Waals surface area contributed by atoms with Gasteiger partial charge >= 0.3 is 0 Å². The van der Waals surface area contributed by atoms with Crippen molar-refractivity contribution in [2.75, 3.05) is 11.9 Å². The smallest absolute Gasteiger partial charge is 0.200 e. The van der Waals surface area contributed by atoms with Crippen LogP contribution in [0.5, 0.6) is 0 Å². The van der Waals surface area contributed by atoms with Gasteiger partial charge in [0.25, 0.3) is 0 Å². The van der Waals surface area contributed by atoms with Crippen LogP contribution in [0.4, 0.5) is 5.82 Å². The van der Waals surface area contributed by atoms with E-state index in [-0.39, 0.29) is 0 Å². The zero-order chi connectivity index (χ0) is 13.9. The number of hydrogen-bond acceptors (Lipinski definition) is 5. The molecular weight excluding hydrogens is 365 g/mol. The van der Waals surface area contributed by atoms with Gasteiger partial charge in [-0.2, -0.15) is 0 Å². The van der Waals surface area contributed by atoms with Gasteiger partial charge in [-0.25, -0.2) is 19.9 Å². The molecule has 0 unspecified atom stereocenters. The molecule has 2 aromatic heterocycles. The van der Waals surface area contributed by atoms with Crippen LogP contribution in [0.25, 0.3) is 11.6 Å². The van der Waals surface area contributed by atoms with Gasteiger partial charge in [0.15, 0.2) is 11.6 Å². The maximum atomic E-state index is 4.69. The predicted octanol–water partition coefficient (Wildman–Crippen LogP) is 3.24. The van der Waals surface area contributed by atoms with Gasteiger partial charge in [-0.3, -0.25) is 0 Å². The summed E-state index contributed by atoms with van der Waals surface area (Å²) in [6.45, 7) is 3.05. The minimum absolute atomic E-state index is 0.578. The zero-order valence-electron chi connectivity index (χ0n) is 11.3. The normalized spacial score (nSPS) is 14.3. The van der Waals surface area contributed by atoms with E-state index in [9.17, 15) is 0 Å². The largest absolute Gasteiger partial charge is 0.369 e. The van der Waals surface area contributed by atoms with E-state index in [0.29, 0.717) is 17.6 Å². The number of anilines is 1. The number of nitrogens with one attached hydrogen (secondary N) is 1. The molecular formula is C14H16IN5. The number of halogens is 1. The summed E-state index contributed by atoms with van der Waals surface area (Å²) < 4.78 is 1.14. The van der Waals surface area contributed by atoms with Crippen molar-refractivity contribution in [1.29, 1.82) is 0 Å². The third kappa shape index (κ3) is 2.89. The first-order valence-electron chi connectivity index (χ1n) is 6.88. The zero-order valence-corrected chi connectivity index (χ0v) is 13.5. The van der Waals surface area contributed by atoms with Gasteiger partial charge < -0.3 is 5.32 Å². The highest BCUT2D eigenvalue weighted by Crippen LogP contribution is 2.42. The highest BCUT2D eigenvalue weighted by atomic mass is 127. The Morgan fingerprint density at radius 1 is 1.20 bits per heavy atom. The Morgan fingerprint density at radius 2 is 1.95 bits per heavy atom. The molecule has 0 amide bonds. The van der Waals surface area contributed by atoms with Crippen LogP contribution < -0.4 is 5.32 Å². The molecule has 3 rings (SSSR count).